The molecular weight excluding hydrogens is 392 g/mol. The van der Waals surface area contributed by atoms with Crippen molar-refractivity contribution in [3.63, 3.8) is 0 Å². The molecule has 0 aliphatic heterocycles. The first-order chi connectivity index (χ1) is 14.1. The molecule has 1 heterocycles. The molecule has 0 unspecified atom stereocenters. The molecule has 0 aliphatic carbocycles. The first-order valence-electron chi connectivity index (χ1n) is 9.05. The van der Waals surface area contributed by atoms with Crippen molar-refractivity contribution < 1.29 is 19.3 Å². The predicted molar refractivity (Wildman–Crippen MR) is 110 cm³/mol. The number of aryl methyl sites for hydroxylation is 1. The number of aliphatic hydroxyl groups excluding tert-OH is 1. The molecule has 3 aromatic rings. The third kappa shape index (κ3) is 5.69. The van der Waals surface area contributed by atoms with E-state index in [2.05, 4.69) is 15.5 Å². The van der Waals surface area contributed by atoms with E-state index in [9.17, 15) is 5.11 Å². The van der Waals surface area contributed by atoms with Gasteiger partial charge in [-0.05, 0) is 52.7 Å². The van der Waals surface area contributed by atoms with Crippen LogP contribution in [0.5, 0.6) is 11.5 Å². The number of benzene rings is 2. The van der Waals surface area contributed by atoms with Crippen LogP contribution in [0.25, 0.3) is 5.69 Å². The van der Waals surface area contributed by atoms with Crippen LogP contribution in [0.2, 0.25) is 0 Å². The van der Waals surface area contributed by atoms with Crippen LogP contribution in [0, 0.1) is 6.92 Å². The number of ether oxygens (including phenoxy) is 3. The van der Waals surface area contributed by atoms with E-state index < -0.39 is 6.10 Å². The van der Waals surface area contributed by atoms with Crippen LogP contribution in [0.4, 0.5) is 0 Å². The van der Waals surface area contributed by atoms with Gasteiger partial charge >= 0.3 is 0 Å². The molecule has 2 aromatic carbocycles. The Labute approximate surface area is 173 Å². The van der Waals surface area contributed by atoms with Crippen LogP contribution in [-0.4, -0.2) is 58.0 Å². The highest BCUT2D eigenvalue weighted by molar-refractivity contribution is 7.99. The predicted octanol–water partition coefficient (Wildman–Crippen LogP) is 2.66. The molecule has 1 atom stereocenters. The molecular formula is C20H24N4O4S. The fraction of sp³-hybridized carbons (Fsp3) is 0.350. The zero-order chi connectivity index (χ0) is 20.6. The smallest absolute Gasteiger partial charge is 0.214 e. The Bertz CT molecular complexity index is 934. The van der Waals surface area contributed by atoms with Crippen molar-refractivity contribution in [2.45, 2.75) is 24.8 Å². The number of nitrogens with zero attached hydrogens (tertiary/aromatic N) is 4. The molecule has 0 saturated heterocycles. The molecule has 0 fully saturated rings. The molecule has 0 saturated carbocycles. The lowest BCUT2D eigenvalue weighted by Gasteiger charge is -2.12. The molecule has 8 nitrogen and oxygen atoms in total. The maximum Gasteiger partial charge on any atom is 0.214 e. The van der Waals surface area contributed by atoms with Crippen molar-refractivity contribution in [1.82, 2.24) is 20.2 Å². The van der Waals surface area contributed by atoms with Crippen LogP contribution in [-0.2, 0) is 11.3 Å². The zero-order valence-electron chi connectivity index (χ0n) is 16.6. The number of methoxy groups -OCH3 is 2. The Kier molecular flexibility index (Phi) is 7.45. The first-order valence-corrected chi connectivity index (χ1v) is 10.0. The number of thioether (sulfide) groups is 1. The average Bonchev–Trinajstić information content (AvgIpc) is 3.21. The van der Waals surface area contributed by atoms with Gasteiger partial charge in [0, 0.05) is 5.75 Å². The summed E-state index contributed by atoms with van der Waals surface area (Å²) in [7, 11) is 3.23. The Morgan fingerprint density at radius 1 is 1.14 bits per heavy atom. The molecule has 9 heteroatoms. The van der Waals surface area contributed by atoms with Gasteiger partial charge in [0.2, 0.25) is 5.16 Å². The normalized spacial score (nSPS) is 12.0. The van der Waals surface area contributed by atoms with Crippen LogP contribution in [0.15, 0.2) is 47.6 Å². The fourth-order valence-corrected chi connectivity index (χ4v) is 3.47. The van der Waals surface area contributed by atoms with Crippen molar-refractivity contribution in [3.8, 4) is 17.2 Å². The topological polar surface area (TPSA) is 91.5 Å². The van der Waals surface area contributed by atoms with E-state index in [-0.39, 0.29) is 6.61 Å². The largest absolute Gasteiger partial charge is 0.497 e. The summed E-state index contributed by atoms with van der Waals surface area (Å²) in [5.41, 5.74) is 2.81. The zero-order valence-corrected chi connectivity index (χ0v) is 17.4. The first kappa shape index (κ1) is 21.1. The summed E-state index contributed by atoms with van der Waals surface area (Å²) in [6.07, 6.45) is -0.657. The number of rotatable bonds is 10. The maximum atomic E-state index is 10.3. The molecule has 0 aliphatic rings. The van der Waals surface area contributed by atoms with E-state index in [4.69, 9.17) is 14.2 Å². The van der Waals surface area contributed by atoms with E-state index in [1.165, 1.54) is 11.8 Å². The number of tetrazole rings is 1. The minimum atomic E-state index is -0.657. The van der Waals surface area contributed by atoms with Crippen molar-refractivity contribution in [2.24, 2.45) is 0 Å². The minimum absolute atomic E-state index is 0.208. The third-order valence-corrected chi connectivity index (χ3v) is 5.19. The Hall–Kier alpha value is -2.62. The second kappa shape index (κ2) is 10.2. The lowest BCUT2D eigenvalue weighted by atomic mass is 10.2. The summed E-state index contributed by atoms with van der Waals surface area (Å²) in [6.45, 7) is 2.60. The summed E-state index contributed by atoms with van der Waals surface area (Å²) in [5, 5.41) is 22.7. The molecule has 154 valence electrons. The molecule has 29 heavy (non-hydrogen) atoms. The van der Waals surface area contributed by atoms with E-state index >= 15 is 0 Å². The Morgan fingerprint density at radius 2 is 2.00 bits per heavy atom. The summed E-state index contributed by atoms with van der Waals surface area (Å²) >= 11 is 1.36. The van der Waals surface area contributed by atoms with Gasteiger partial charge in [0.05, 0.1) is 33.5 Å². The fourth-order valence-electron chi connectivity index (χ4n) is 2.68. The van der Waals surface area contributed by atoms with Gasteiger partial charge in [-0.15, -0.1) is 5.10 Å². The van der Waals surface area contributed by atoms with Crippen molar-refractivity contribution >= 4 is 11.8 Å². The van der Waals surface area contributed by atoms with Gasteiger partial charge in [-0.2, -0.15) is 4.68 Å². The van der Waals surface area contributed by atoms with E-state index in [1.54, 1.807) is 18.9 Å². The number of hydrogen-bond donors (Lipinski definition) is 1. The lowest BCUT2D eigenvalue weighted by molar-refractivity contribution is 0.0397. The summed E-state index contributed by atoms with van der Waals surface area (Å²) in [6, 6.07) is 13.4. The van der Waals surface area contributed by atoms with Gasteiger partial charge < -0.3 is 19.3 Å². The van der Waals surface area contributed by atoms with E-state index in [1.807, 2.05) is 49.4 Å². The van der Waals surface area contributed by atoms with Crippen molar-refractivity contribution in [1.29, 1.82) is 0 Å². The second-order valence-electron chi connectivity index (χ2n) is 6.38. The average molecular weight is 417 g/mol. The van der Waals surface area contributed by atoms with Gasteiger partial charge in [-0.1, -0.05) is 30.0 Å². The Morgan fingerprint density at radius 3 is 2.79 bits per heavy atom. The Balaban J connectivity index is 1.54. The highest BCUT2D eigenvalue weighted by Crippen LogP contribution is 2.27. The maximum absolute atomic E-state index is 10.3. The summed E-state index contributed by atoms with van der Waals surface area (Å²) in [5.74, 6) is 1.85. The standard InChI is InChI=1S/C20H24N4O4S/c1-14-7-8-19(27-3)18(9-14)24-20(21-22-23-24)29-13-16(25)12-28-11-15-5-4-6-17(10-15)26-2/h4-10,16,25H,11-13H2,1-3H3/t16-/m0/s1. The highest BCUT2D eigenvalue weighted by Gasteiger charge is 2.15. The molecule has 0 amide bonds. The molecule has 1 N–H and O–H groups in total. The molecule has 0 bridgehead atoms. The number of hydrogen-bond acceptors (Lipinski definition) is 8. The van der Waals surface area contributed by atoms with Gasteiger partial charge in [0.1, 0.15) is 17.2 Å². The number of aromatic nitrogens is 4. The van der Waals surface area contributed by atoms with Gasteiger partial charge in [-0.3, -0.25) is 0 Å². The highest BCUT2D eigenvalue weighted by atomic mass is 32.2. The molecule has 0 radical (unpaired) electrons. The minimum Gasteiger partial charge on any atom is -0.497 e. The quantitative estimate of drug-likeness (QED) is 0.505. The van der Waals surface area contributed by atoms with Gasteiger partial charge in [0.15, 0.2) is 0 Å². The van der Waals surface area contributed by atoms with E-state index in [0.717, 1.165) is 22.6 Å². The number of aliphatic hydroxyl groups is 1. The van der Waals surface area contributed by atoms with Gasteiger partial charge in [0.25, 0.3) is 0 Å². The molecule has 3 rings (SSSR count). The lowest BCUT2D eigenvalue weighted by Crippen LogP contribution is -2.18. The van der Waals surface area contributed by atoms with Crippen LogP contribution < -0.4 is 9.47 Å². The second-order valence-corrected chi connectivity index (χ2v) is 7.37. The summed E-state index contributed by atoms with van der Waals surface area (Å²) < 4.78 is 17.8. The van der Waals surface area contributed by atoms with Gasteiger partial charge in [-0.25, -0.2) is 0 Å². The molecule has 0 spiro atoms. The third-order valence-electron chi connectivity index (χ3n) is 4.12. The monoisotopic (exact) mass is 416 g/mol. The summed E-state index contributed by atoms with van der Waals surface area (Å²) in [4.78, 5) is 0. The molecule has 1 aromatic heterocycles. The van der Waals surface area contributed by atoms with Crippen LogP contribution in [0.1, 0.15) is 11.1 Å². The van der Waals surface area contributed by atoms with Crippen molar-refractivity contribution in [2.75, 3.05) is 26.6 Å². The van der Waals surface area contributed by atoms with Crippen LogP contribution >= 0.6 is 11.8 Å². The van der Waals surface area contributed by atoms with Crippen molar-refractivity contribution in [3.05, 3.63) is 53.6 Å². The van der Waals surface area contributed by atoms with E-state index in [0.29, 0.717) is 23.3 Å². The SMILES string of the molecule is COc1cccc(COC[C@H](O)CSc2nnnn2-c2cc(C)ccc2OC)c1. The van der Waals surface area contributed by atoms with Crippen LogP contribution in [0.3, 0.4) is 0 Å².